The highest BCUT2D eigenvalue weighted by atomic mass is 15.3. The van der Waals surface area contributed by atoms with Crippen LogP contribution in [0.1, 0.15) is 75.8 Å². The summed E-state index contributed by atoms with van der Waals surface area (Å²) in [6, 6.07) is 26.5. The van der Waals surface area contributed by atoms with Crippen LogP contribution in [0, 0.1) is 0 Å². The molecule has 0 radical (unpaired) electrons. The zero-order valence-corrected chi connectivity index (χ0v) is 33.1. The third-order valence-corrected chi connectivity index (χ3v) is 11.9. The molecule has 286 valence electrons. The van der Waals surface area contributed by atoms with E-state index < -0.39 is 0 Å². The first-order valence-electron chi connectivity index (χ1n) is 20.4. The molecule has 2 aromatic carbocycles. The van der Waals surface area contributed by atoms with Gasteiger partial charge in [0.05, 0.1) is 29.1 Å². The molecular formula is C47H58N8. The van der Waals surface area contributed by atoms with Crippen molar-refractivity contribution in [3.63, 3.8) is 0 Å². The lowest BCUT2D eigenvalue weighted by atomic mass is 9.78. The number of piperazine rings is 1. The third kappa shape index (κ3) is 7.97. The van der Waals surface area contributed by atoms with E-state index in [1.807, 2.05) is 63.6 Å². The van der Waals surface area contributed by atoms with E-state index in [0.717, 1.165) is 84.2 Å². The van der Waals surface area contributed by atoms with Crippen LogP contribution in [0.2, 0.25) is 0 Å². The molecule has 1 saturated carbocycles. The average molecular weight is 735 g/mol. The highest BCUT2D eigenvalue weighted by molar-refractivity contribution is 5.81. The molecule has 2 fully saturated rings. The summed E-state index contributed by atoms with van der Waals surface area (Å²) in [7, 11) is 2.00. The molecule has 3 aromatic heterocycles. The van der Waals surface area contributed by atoms with Gasteiger partial charge in [-0.2, -0.15) is 0 Å². The predicted molar refractivity (Wildman–Crippen MR) is 230 cm³/mol. The molecule has 0 bridgehead atoms. The number of nitrogens with zero attached hydrogens (tertiary/aromatic N) is 7. The van der Waals surface area contributed by atoms with E-state index in [0.29, 0.717) is 12.0 Å². The Balaban J connectivity index is 0.00000229. The van der Waals surface area contributed by atoms with E-state index in [1.54, 1.807) is 11.1 Å². The number of benzene rings is 2. The number of allylic oxidation sites excluding steroid dienone is 1. The molecule has 8 heteroatoms. The molecule has 8 rings (SSSR count). The Morgan fingerprint density at radius 1 is 0.945 bits per heavy atom. The van der Waals surface area contributed by atoms with Crippen LogP contribution in [-0.2, 0) is 6.42 Å². The first-order valence-corrected chi connectivity index (χ1v) is 20.4. The molecule has 1 N–H and O–H groups in total. The van der Waals surface area contributed by atoms with Crippen molar-refractivity contribution in [2.75, 3.05) is 43.0 Å². The lowest BCUT2D eigenvalue weighted by molar-refractivity contribution is 0.153. The molecule has 0 amide bonds. The second-order valence-electron chi connectivity index (χ2n) is 14.9. The Morgan fingerprint density at radius 3 is 2.49 bits per heavy atom. The first-order chi connectivity index (χ1) is 27.0. The Bertz CT molecular complexity index is 2080. The van der Waals surface area contributed by atoms with Gasteiger partial charge in [0.25, 0.3) is 0 Å². The van der Waals surface area contributed by atoms with E-state index in [2.05, 4.69) is 103 Å². The second-order valence-corrected chi connectivity index (χ2v) is 14.9. The smallest absolute Gasteiger partial charge is 0.137 e. The molecule has 0 spiro atoms. The van der Waals surface area contributed by atoms with Crippen molar-refractivity contribution < 1.29 is 0 Å². The molecular weight excluding hydrogens is 677 g/mol. The first kappa shape index (κ1) is 38.1. The van der Waals surface area contributed by atoms with Crippen LogP contribution in [-0.4, -0.2) is 70.0 Å². The molecule has 2 aliphatic heterocycles. The van der Waals surface area contributed by atoms with E-state index in [4.69, 9.17) is 4.98 Å². The van der Waals surface area contributed by atoms with Gasteiger partial charge in [0, 0.05) is 68.1 Å². The Labute approximate surface area is 328 Å². The van der Waals surface area contributed by atoms with E-state index >= 15 is 0 Å². The van der Waals surface area contributed by atoms with Gasteiger partial charge in [0.2, 0.25) is 0 Å². The Morgan fingerprint density at radius 2 is 1.76 bits per heavy atom. The minimum absolute atomic E-state index is 0.285. The van der Waals surface area contributed by atoms with Crippen molar-refractivity contribution in [3.05, 3.63) is 134 Å². The number of fused-ring (bicyclic) bond motifs is 2. The lowest BCUT2D eigenvalue weighted by Gasteiger charge is -2.44. The van der Waals surface area contributed by atoms with Crippen LogP contribution < -0.4 is 15.1 Å². The normalized spacial score (nSPS) is 19.3. The van der Waals surface area contributed by atoms with Gasteiger partial charge < -0.3 is 15.1 Å². The number of rotatable bonds is 11. The summed E-state index contributed by atoms with van der Waals surface area (Å²) >= 11 is 0. The number of likely N-dealkylation sites (N-methyl/N-ethyl adjacent to an activating group) is 1. The Hall–Kier alpha value is -5.21. The zero-order valence-electron chi connectivity index (χ0n) is 33.1. The number of pyridine rings is 1. The van der Waals surface area contributed by atoms with Crippen LogP contribution in [0.3, 0.4) is 0 Å². The molecule has 55 heavy (non-hydrogen) atoms. The summed E-state index contributed by atoms with van der Waals surface area (Å²) in [6.45, 7) is 20.9. The maximum absolute atomic E-state index is 4.90. The summed E-state index contributed by atoms with van der Waals surface area (Å²) in [5, 5.41) is 12.3. The van der Waals surface area contributed by atoms with Gasteiger partial charge >= 0.3 is 0 Å². The van der Waals surface area contributed by atoms with Crippen molar-refractivity contribution in [2.45, 2.75) is 83.2 Å². The van der Waals surface area contributed by atoms with Crippen LogP contribution in [0.4, 0.5) is 11.4 Å². The number of nitrogens with one attached hydrogen (secondary N) is 1. The van der Waals surface area contributed by atoms with E-state index in [1.165, 1.54) is 44.2 Å². The van der Waals surface area contributed by atoms with Crippen molar-refractivity contribution in [1.29, 1.82) is 0 Å². The van der Waals surface area contributed by atoms with Crippen molar-refractivity contribution in [1.82, 2.24) is 30.0 Å². The Kier molecular flexibility index (Phi) is 12.1. The molecule has 1 atom stereocenters. The maximum atomic E-state index is 4.90. The van der Waals surface area contributed by atoms with Crippen LogP contribution in [0.5, 0.6) is 0 Å². The van der Waals surface area contributed by atoms with Crippen molar-refractivity contribution in [2.24, 2.45) is 0 Å². The predicted octanol–water partition coefficient (Wildman–Crippen LogP) is 9.69. The quantitative estimate of drug-likeness (QED) is 0.136. The molecule has 5 heterocycles. The third-order valence-electron chi connectivity index (χ3n) is 11.9. The fourth-order valence-electron chi connectivity index (χ4n) is 9.07. The van der Waals surface area contributed by atoms with Gasteiger partial charge in [-0.15, -0.1) is 16.8 Å². The number of aromatic nitrogens is 4. The standard InChI is InChI=1S/C45H52N8.C2H6/c1-5-6-16-42(33(3)46-4)52-25-11-15-39-38(14-10-17-43(39)52)34-18-20-36(21-19-34)50-27-28-51(32(2)31-50)37-22-23-45(47-30-37)53-26-24-40-44(53)29-41(49-48-40)35-12-8-7-9-13-35;1-2/h5,7-10,12-14,17,22-24,26,29-30,34,36,42,46H,1-3,6,11,15-16,18-21,25,27-28,31H2,4H3;1-2H3. The highest BCUT2D eigenvalue weighted by Gasteiger charge is 2.33. The van der Waals surface area contributed by atoms with Crippen LogP contribution in [0.25, 0.3) is 28.1 Å². The fourth-order valence-corrected chi connectivity index (χ4v) is 9.07. The van der Waals surface area contributed by atoms with Crippen molar-refractivity contribution in [3.8, 4) is 17.1 Å². The van der Waals surface area contributed by atoms with Crippen LogP contribution in [0.15, 0.2) is 122 Å². The molecule has 8 nitrogen and oxygen atoms in total. The minimum atomic E-state index is 0.285. The minimum Gasteiger partial charge on any atom is -0.390 e. The van der Waals surface area contributed by atoms with Crippen LogP contribution >= 0.6 is 0 Å². The molecule has 1 aliphatic carbocycles. The largest absolute Gasteiger partial charge is 0.390 e. The van der Waals surface area contributed by atoms with Gasteiger partial charge in [-0.05, 0) is 98.7 Å². The van der Waals surface area contributed by atoms with Gasteiger partial charge in [0.1, 0.15) is 11.3 Å². The molecule has 5 aromatic rings. The molecule has 1 saturated heterocycles. The summed E-state index contributed by atoms with van der Waals surface area (Å²) in [4.78, 5) is 12.5. The zero-order chi connectivity index (χ0) is 38.3. The second kappa shape index (κ2) is 17.5. The number of hydrogen-bond donors (Lipinski definition) is 1. The van der Waals surface area contributed by atoms with Gasteiger partial charge in [0.15, 0.2) is 0 Å². The summed E-state index contributed by atoms with van der Waals surface area (Å²) < 4.78 is 2.09. The fraction of sp³-hybridized carbons (Fsp3) is 0.383. The number of anilines is 2. The van der Waals surface area contributed by atoms with Gasteiger partial charge in [-0.25, -0.2) is 4.98 Å². The van der Waals surface area contributed by atoms with Crippen molar-refractivity contribution >= 4 is 22.4 Å². The SMILES string of the molecule is C=CCCC(C(=C)NC)N1CCCc2c(C3CCC(N4CCN(c5ccc(-n6ccc7nnc(-c8ccccc8)cc76)nc5)C(=C)C4)CC3)cccc21.CC. The topological polar surface area (TPSA) is 65.3 Å². The van der Waals surface area contributed by atoms with E-state index in [9.17, 15) is 0 Å². The van der Waals surface area contributed by atoms with Gasteiger partial charge in [-0.3, -0.25) is 9.47 Å². The molecule has 1 unspecified atom stereocenters. The molecule has 3 aliphatic rings. The average Bonchev–Trinajstić information content (AvgIpc) is 3.68. The van der Waals surface area contributed by atoms with E-state index in [-0.39, 0.29) is 6.04 Å². The summed E-state index contributed by atoms with van der Waals surface area (Å²) in [6.07, 6.45) is 15.4. The monoisotopic (exact) mass is 734 g/mol. The highest BCUT2D eigenvalue weighted by Crippen LogP contribution is 2.42. The maximum Gasteiger partial charge on any atom is 0.137 e. The lowest BCUT2D eigenvalue weighted by Crippen LogP contribution is -2.49. The number of hydrogen-bond acceptors (Lipinski definition) is 7. The van der Waals surface area contributed by atoms with Gasteiger partial charge in [-0.1, -0.05) is 75.5 Å². The summed E-state index contributed by atoms with van der Waals surface area (Å²) in [5.74, 6) is 1.49. The summed E-state index contributed by atoms with van der Waals surface area (Å²) in [5.41, 5.74) is 11.7.